The monoisotopic (exact) mass is 398 g/mol. The van der Waals surface area contributed by atoms with Gasteiger partial charge in [-0.25, -0.2) is 13.4 Å². The van der Waals surface area contributed by atoms with Crippen molar-refractivity contribution >= 4 is 20.8 Å². The van der Waals surface area contributed by atoms with Gasteiger partial charge in [-0.3, -0.25) is 0 Å². The summed E-state index contributed by atoms with van der Waals surface area (Å²) in [4.78, 5) is 4.98. The standard InChI is InChI=1S/C21H22N2O4S/c24-28(25,18-6-5-15-3-1-2-4-17(15)13-18)23-10-7-20-19(14-23)22-21(27-20)16-8-11-26-12-9-16/h1-6,13,16H,7-12,14H2. The summed E-state index contributed by atoms with van der Waals surface area (Å²) in [5.74, 6) is 1.83. The number of aromatic nitrogens is 1. The van der Waals surface area contributed by atoms with Crippen LogP contribution in [0.2, 0.25) is 0 Å². The second kappa shape index (κ2) is 6.99. The van der Waals surface area contributed by atoms with Gasteiger partial charge in [-0.1, -0.05) is 30.3 Å². The molecule has 3 heterocycles. The number of rotatable bonds is 3. The normalized spacial score (nSPS) is 19.0. The summed E-state index contributed by atoms with van der Waals surface area (Å²) in [5.41, 5.74) is 0.747. The number of fused-ring (bicyclic) bond motifs is 2. The van der Waals surface area contributed by atoms with Crippen molar-refractivity contribution in [3.05, 3.63) is 59.8 Å². The highest BCUT2D eigenvalue weighted by atomic mass is 32.2. The molecule has 1 aromatic heterocycles. The van der Waals surface area contributed by atoms with Gasteiger partial charge in [-0.2, -0.15) is 4.31 Å². The first-order chi connectivity index (χ1) is 13.6. The third-order valence-electron chi connectivity index (χ3n) is 5.64. The SMILES string of the molecule is O=S(=O)(c1ccc2ccccc2c1)N1CCc2oc(C3CCOCC3)nc2C1. The first-order valence-corrected chi connectivity index (χ1v) is 11.1. The van der Waals surface area contributed by atoms with E-state index in [-0.39, 0.29) is 12.5 Å². The zero-order valence-corrected chi connectivity index (χ0v) is 16.3. The highest BCUT2D eigenvalue weighted by molar-refractivity contribution is 7.89. The summed E-state index contributed by atoms with van der Waals surface area (Å²) in [6.07, 6.45) is 2.36. The molecule has 0 atom stereocenters. The van der Waals surface area contributed by atoms with Crippen molar-refractivity contribution in [2.75, 3.05) is 19.8 Å². The van der Waals surface area contributed by atoms with Crippen LogP contribution < -0.4 is 0 Å². The zero-order valence-electron chi connectivity index (χ0n) is 15.5. The molecule has 6 nitrogen and oxygen atoms in total. The minimum atomic E-state index is -3.58. The van der Waals surface area contributed by atoms with E-state index in [1.54, 1.807) is 12.1 Å². The largest absolute Gasteiger partial charge is 0.445 e. The number of benzene rings is 2. The van der Waals surface area contributed by atoms with Gasteiger partial charge in [0.25, 0.3) is 0 Å². The van der Waals surface area contributed by atoms with E-state index in [1.807, 2.05) is 30.3 Å². The minimum absolute atomic E-state index is 0.261. The molecule has 0 spiro atoms. The fraction of sp³-hybridized carbons (Fsp3) is 0.381. The van der Waals surface area contributed by atoms with Crippen LogP contribution in [0.4, 0.5) is 0 Å². The lowest BCUT2D eigenvalue weighted by Gasteiger charge is -2.24. The van der Waals surface area contributed by atoms with Crippen LogP contribution in [0.1, 0.15) is 36.1 Å². The number of hydrogen-bond acceptors (Lipinski definition) is 5. The van der Waals surface area contributed by atoms with Gasteiger partial charge in [0.2, 0.25) is 10.0 Å². The Morgan fingerprint density at radius 2 is 1.82 bits per heavy atom. The molecule has 2 aromatic carbocycles. The molecule has 0 radical (unpaired) electrons. The van der Waals surface area contributed by atoms with Gasteiger partial charge < -0.3 is 9.15 Å². The van der Waals surface area contributed by atoms with Crippen molar-refractivity contribution in [2.45, 2.75) is 36.6 Å². The quantitative estimate of drug-likeness (QED) is 0.675. The average molecular weight is 398 g/mol. The molecule has 0 aliphatic carbocycles. The fourth-order valence-corrected chi connectivity index (χ4v) is 5.43. The molecule has 5 rings (SSSR count). The Bertz CT molecular complexity index is 1120. The van der Waals surface area contributed by atoms with E-state index >= 15 is 0 Å². The second-order valence-corrected chi connectivity index (χ2v) is 9.34. The fourth-order valence-electron chi connectivity index (χ4n) is 4.00. The Hall–Kier alpha value is -2.22. The van der Waals surface area contributed by atoms with Crippen LogP contribution in [0.5, 0.6) is 0 Å². The predicted octanol–water partition coefficient (Wildman–Crippen LogP) is 3.47. The van der Waals surface area contributed by atoms with Gasteiger partial charge in [0.05, 0.1) is 17.1 Å². The number of hydrogen-bond donors (Lipinski definition) is 0. The Kier molecular flexibility index (Phi) is 4.45. The predicted molar refractivity (Wildman–Crippen MR) is 105 cm³/mol. The third kappa shape index (κ3) is 3.13. The lowest BCUT2D eigenvalue weighted by atomic mass is 10.0. The van der Waals surface area contributed by atoms with Gasteiger partial charge in [-0.15, -0.1) is 0 Å². The van der Waals surface area contributed by atoms with Crippen LogP contribution in [0.3, 0.4) is 0 Å². The first-order valence-electron chi connectivity index (χ1n) is 9.66. The van der Waals surface area contributed by atoms with Crippen LogP contribution in [0.25, 0.3) is 10.8 Å². The van der Waals surface area contributed by atoms with Crippen molar-refractivity contribution in [3.8, 4) is 0 Å². The number of oxazole rings is 1. The summed E-state index contributed by atoms with van der Waals surface area (Å²) in [7, 11) is -3.58. The molecule has 1 saturated heterocycles. The van der Waals surface area contributed by atoms with Crippen molar-refractivity contribution in [2.24, 2.45) is 0 Å². The van der Waals surface area contributed by atoms with E-state index in [9.17, 15) is 8.42 Å². The summed E-state index contributed by atoms with van der Waals surface area (Å²) < 4.78 is 39.3. The van der Waals surface area contributed by atoms with Crippen LogP contribution in [-0.4, -0.2) is 37.5 Å². The van der Waals surface area contributed by atoms with Crippen molar-refractivity contribution in [3.63, 3.8) is 0 Å². The van der Waals surface area contributed by atoms with E-state index in [0.717, 1.165) is 54.2 Å². The van der Waals surface area contributed by atoms with Crippen LogP contribution in [-0.2, 0) is 27.7 Å². The van der Waals surface area contributed by atoms with Crippen LogP contribution >= 0.6 is 0 Å². The smallest absolute Gasteiger partial charge is 0.243 e. The molecule has 0 N–H and O–H groups in total. The molecular formula is C21H22N2O4S. The maximum atomic E-state index is 13.2. The summed E-state index contributed by atoms with van der Waals surface area (Å²) in [5, 5.41) is 1.95. The molecule has 7 heteroatoms. The molecule has 0 unspecified atom stereocenters. The summed E-state index contributed by atoms with van der Waals surface area (Å²) >= 11 is 0. The highest BCUT2D eigenvalue weighted by Crippen LogP contribution is 2.32. The molecule has 28 heavy (non-hydrogen) atoms. The Morgan fingerprint density at radius 1 is 1.04 bits per heavy atom. The molecular weight excluding hydrogens is 376 g/mol. The van der Waals surface area contributed by atoms with E-state index in [1.165, 1.54) is 4.31 Å². The van der Waals surface area contributed by atoms with Gasteiger partial charge in [0.1, 0.15) is 5.76 Å². The molecule has 3 aromatic rings. The lowest BCUT2D eigenvalue weighted by Crippen LogP contribution is -2.35. The Labute approximate surface area is 164 Å². The van der Waals surface area contributed by atoms with Crippen LogP contribution in [0, 0.1) is 0 Å². The number of ether oxygens (including phenoxy) is 1. The van der Waals surface area contributed by atoms with Gasteiger partial charge in [0.15, 0.2) is 5.89 Å². The summed E-state index contributed by atoms with van der Waals surface area (Å²) in [6, 6.07) is 13.1. The maximum Gasteiger partial charge on any atom is 0.243 e. The lowest BCUT2D eigenvalue weighted by molar-refractivity contribution is 0.0791. The minimum Gasteiger partial charge on any atom is -0.445 e. The topological polar surface area (TPSA) is 72.6 Å². The third-order valence-corrected chi connectivity index (χ3v) is 7.48. The Morgan fingerprint density at radius 3 is 2.64 bits per heavy atom. The summed E-state index contributed by atoms with van der Waals surface area (Å²) in [6.45, 7) is 2.11. The van der Waals surface area contributed by atoms with Gasteiger partial charge in [-0.05, 0) is 35.7 Å². The Balaban J connectivity index is 1.41. The maximum absolute atomic E-state index is 13.2. The van der Waals surface area contributed by atoms with Crippen molar-refractivity contribution in [1.29, 1.82) is 0 Å². The second-order valence-electron chi connectivity index (χ2n) is 7.41. The molecule has 0 bridgehead atoms. The zero-order chi connectivity index (χ0) is 19.1. The molecule has 2 aliphatic heterocycles. The van der Waals surface area contributed by atoms with Crippen LogP contribution in [0.15, 0.2) is 51.8 Å². The number of nitrogens with zero attached hydrogens (tertiary/aromatic N) is 2. The first kappa shape index (κ1) is 17.8. The van der Waals surface area contributed by atoms with E-state index in [0.29, 0.717) is 17.9 Å². The van der Waals surface area contributed by atoms with E-state index in [2.05, 4.69) is 4.98 Å². The molecule has 146 valence electrons. The highest BCUT2D eigenvalue weighted by Gasteiger charge is 2.32. The van der Waals surface area contributed by atoms with Crippen molar-refractivity contribution < 1.29 is 17.6 Å². The van der Waals surface area contributed by atoms with Gasteiger partial charge in [0, 0.05) is 32.1 Å². The average Bonchev–Trinajstić information content (AvgIpc) is 3.17. The van der Waals surface area contributed by atoms with E-state index in [4.69, 9.17) is 9.15 Å². The number of sulfonamides is 1. The van der Waals surface area contributed by atoms with E-state index < -0.39 is 10.0 Å². The molecule has 2 aliphatic rings. The molecule has 0 saturated carbocycles. The molecule has 1 fully saturated rings. The van der Waals surface area contributed by atoms with Gasteiger partial charge >= 0.3 is 0 Å². The molecule has 0 amide bonds. The van der Waals surface area contributed by atoms with Crippen molar-refractivity contribution in [1.82, 2.24) is 9.29 Å².